The number of likely N-dealkylation sites (N-methyl/N-ethyl adjacent to an activating group) is 1. The molecule has 0 heterocycles. The predicted octanol–water partition coefficient (Wildman–Crippen LogP) is 3.26. The molecule has 4 nitrogen and oxygen atoms in total. The van der Waals surface area contributed by atoms with Gasteiger partial charge in [-0.05, 0) is 11.1 Å². The Morgan fingerprint density at radius 1 is 0.885 bits per heavy atom. The molecule has 0 atom stereocenters. The van der Waals surface area contributed by atoms with Gasteiger partial charge in [-0.2, -0.15) is 13.2 Å². The van der Waals surface area contributed by atoms with Crippen molar-refractivity contribution in [2.45, 2.75) is 12.2 Å². The van der Waals surface area contributed by atoms with E-state index in [-0.39, 0.29) is 0 Å². The molecule has 7 heteroatoms. The van der Waals surface area contributed by atoms with E-state index in [0.717, 1.165) is 4.90 Å². The zero-order chi connectivity index (χ0) is 19.3. The number of halogens is 3. The fourth-order valence-electron chi connectivity index (χ4n) is 2.55. The monoisotopic (exact) mass is 364 g/mol. The molecule has 2 rings (SSSR count). The van der Waals surface area contributed by atoms with Gasteiger partial charge in [0.2, 0.25) is 5.91 Å². The summed E-state index contributed by atoms with van der Waals surface area (Å²) in [5, 5.41) is 0. The molecule has 0 saturated heterocycles. The van der Waals surface area contributed by atoms with Crippen LogP contribution in [-0.2, 0) is 9.59 Å². The van der Waals surface area contributed by atoms with Crippen molar-refractivity contribution in [3.05, 3.63) is 71.8 Å². The van der Waals surface area contributed by atoms with Crippen molar-refractivity contribution in [2.24, 2.45) is 0 Å². The van der Waals surface area contributed by atoms with Gasteiger partial charge in [0.05, 0.1) is 6.04 Å². The van der Waals surface area contributed by atoms with Gasteiger partial charge in [0.1, 0.15) is 6.54 Å². The molecule has 0 spiro atoms. The third-order valence-electron chi connectivity index (χ3n) is 3.85. The van der Waals surface area contributed by atoms with Crippen LogP contribution >= 0.6 is 0 Å². The highest BCUT2D eigenvalue weighted by Gasteiger charge is 2.46. The lowest BCUT2D eigenvalue weighted by Gasteiger charge is -2.33. The van der Waals surface area contributed by atoms with E-state index < -0.39 is 30.6 Å². The number of benzene rings is 2. The Hall–Kier alpha value is -2.83. The molecule has 2 aromatic rings. The van der Waals surface area contributed by atoms with E-state index >= 15 is 0 Å². The van der Waals surface area contributed by atoms with Crippen molar-refractivity contribution < 1.29 is 22.8 Å². The van der Waals surface area contributed by atoms with E-state index in [0.29, 0.717) is 16.0 Å². The van der Waals surface area contributed by atoms with Gasteiger partial charge in [-0.25, -0.2) is 0 Å². The summed E-state index contributed by atoms with van der Waals surface area (Å²) in [7, 11) is 2.86. The highest BCUT2D eigenvalue weighted by atomic mass is 19.4. The average molecular weight is 364 g/mol. The van der Waals surface area contributed by atoms with Gasteiger partial charge in [-0.15, -0.1) is 0 Å². The number of carbonyl (C=O) groups is 2. The SMILES string of the molecule is CN(C)C(=O)CN(C(=O)C(F)(F)F)C(c1ccccc1)c1ccccc1. The normalized spacial score (nSPS) is 11.3. The van der Waals surface area contributed by atoms with E-state index in [9.17, 15) is 22.8 Å². The lowest BCUT2D eigenvalue weighted by Crippen LogP contribution is -2.48. The molecule has 0 bridgehead atoms. The highest BCUT2D eigenvalue weighted by molar-refractivity contribution is 5.88. The number of nitrogens with zero attached hydrogens (tertiary/aromatic N) is 2. The van der Waals surface area contributed by atoms with Gasteiger partial charge < -0.3 is 9.80 Å². The lowest BCUT2D eigenvalue weighted by atomic mass is 9.96. The first-order valence-electron chi connectivity index (χ1n) is 7.89. The number of carbonyl (C=O) groups excluding carboxylic acids is 2. The van der Waals surface area contributed by atoms with Gasteiger partial charge in [0.25, 0.3) is 0 Å². The van der Waals surface area contributed by atoms with Crippen LogP contribution in [0.25, 0.3) is 0 Å². The molecule has 2 aromatic carbocycles. The van der Waals surface area contributed by atoms with Crippen molar-refractivity contribution >= 4 is 11.8 Å². The maximum Gasteiger partial charge on any atom is 0.471 e. The maximum atomic E-state index is 13.2. The standard InChI is InChI=1S/C19H19F3N2O2/c1-23(2)16(25)13-24(18(26)19(20,21)22)17(14-9-5-3-6-10-14)15-11-7-4-8-12-15/h3-12,17H,13H2,1-2H3. The van der Waals surface area contributed by atoms with Gasteiger partial charge in [0, 0.05) is 14.1 Å². The fourth-order valence-corrected chi connectivity index (χ4v) is 2.55. The molecule has 0 N–H and O–H groups in total. The molecule has 2 amide bonds. The molecule has 0 radical (unpaired) electrons. The fraction of sp³-hybridized carbons (Fsp3) is 0.263. The largest absolute Gasteiger partial charge is 0.471 e. The Bertz CT molecular complexity index is 707. The Morgan fingerprint density at radius 3 is 1.65 bits per heavy atom. The van der Waals surface area contributed by atoms with Crippen LogP contribution in [-0.4, -0.2) is 48.4 Å². The third-order valence-corrected chi connectivity index (χ3v) is 3.85. The minimum atomic E-state index is -5.09. The summed E-state index contributed by atoms with van der Waals surface area (Å²) in [5.41, 5.74) is 0.978. The molecule has 0 aliphatic rings. The molecular formula is C19H19F3N2O2. The van der Waals surface area contributed by atoms with Crippen molar-refractivity contribution in [3.8, 4) is 0 Å². The number of alkyl halides is 3. The van der Waals surface area contributed by atoms with Gasteiger partial charge >= 0.3 is 12.1 Å². The summed E-state index contributed by atoms with van der Waals surface area (Å²) < 4.78 is 39.7. The first kappa shape index (κ1) is 19.5. The van der Waals surface area contributed by atoms with Crippen LogP contribution in [0, 0.1) is 0 Å². The van der Waals surface area contributed by atoms with Crippen LogP contribution in [0.3, 0.4) is 0 Å². The van der Waals surface area contributed by atoms with Gasteiger partial charge in [-0.1, -0.05) is 60.7 Å². The number of hydrogen-bond acceptors (Lipinski definition) is 2. The van der Waals surface area contributed by atoms with E-state index in [1.165, 1.54) is 14.1 Å². The van der Waals surface area contributed by atoms with Crippen LogP contribution in [0.2, 0.25) is 0 Å². The minimum Gasteiger partial charge on any atom is -0.347 e. The van der Waals surface area contributed by atoms with Crippen LogP contribution in [0.5, 0.6) is 0 Å². The molecular weight excluding hydrogens is 345 g/mol. The second-order valence-electron chi connectivity index (χ2n) is 5.94. The quantitative estimate of drug-likeness (QED) is 0.817. The van der Waals surface area contributed by atoms with Crippen molar-refractivity contribution in [1.82, 2.24) is 9.80 Å². The first-order chi connectivity index (χ1) is 12.2. The van der Waals surface area contributed by atoms with E-state index in [2.05, 4.69) is 0 Å². The van der Waals surface area contributed by atoms with Crippen LogP contribution in [0.15, 0.2) is 60.7 Å². The Labute approximate surface area is 149 Å². The molecule has 26 heavy (non-hydrogen) atoms. The van der Waals surface area contributed by atoms with Crippen molar-refractivity contribution in [2.75, 3.05) is 20.6 Å². The van der Waals surface area contributed by atoms with Gasteiger partial charge in [-0.3, -0.25) is 9.59 Å². The van der Waals surface area contributed by atoms with E-state index in [1.807, 2.05) is 0 Å². The predicted molar refractivity (Wildman–Crippen MR) is 91.2 cm³/mol. The highest BCUT2D eigenvalue weighted by Crippen LogP contribution is 2.32. The Balaban J connectivity index is 2.57. The topological polar surface area (TPSA) is 40.6 Å². The zero-order valence-electron chi connectivity index (χ0n) is 14.4. The van der Waals surface area contributed by atoms with E-state index in [4.69, 9.17) is 0 Å². The number of hydrogen-bond donors (Lipinski definition) is 0. The Morgan fingerprint density at radius 2 is 1.31 bits per heavy atom. The molecule has 0 aliphatic carbocycles. The summed E-state index contributed by atoms with van der Waals surface area (Å²) in [5.74, 6) is -2.65. The number of amides is 2. The van der Waals surface area contributed by atoms with Crippen LogP contribution in [0.1, 0.15) is 17.2 Å². The summed E-state index contributed by atoms with van der Waals surface area (Å²) in [6.45, 7) is -0.681. The third kappa shape index (κ3) is 4.62. The van der Waals surface area contributed by atoms with E-state index in [1.54, 1.807) is 60.7 Å². The lowest BCUT2D eigenvalue weighted by molar-refractivity contribution is -0.188. The molecule has 0 fully saturated rings. The summed E-state index contributed by atoms with van der Waals surface area (Å²) in [6.07, 6.45) is -5.09. The maximum absolute atomic E-state index is 13.2. The summed E-state index contributed by atoms with van der Waals surface area (Å²) in [4.78, 5) is 26.0. The van der Waals surface area contributed by atoms with Crippen molar-refractivity contribution in [1.29, 1.82) is 0 Å². The summed E-state index contributed by atoms with van der Waals surface area (Å²) >= 11 is 0. The van der Waals surface area contributed by atoms with Crippen LogP contribution in [0.4, 0.5) is 13.2 Å². The summed E-state index contributed by atoms with van der Waals surface area (Å²) in [6, 6.07) is 15.7. The molecule has 0 aromatic heterocycles. The minimum absolute atomic E-state index is 0.489. The second kappa shape index (κ2) is 8.03. The average Bonchev–Trinajstić information content (AvgIpc) is 2.61. The number of rotatable bonds is 5. The van der Waals surface area contributed by atoms with Gasteiger partial charge in [0.15, 0.2) is 0 Å². The smallest absolute Gasteiger partial charge is 0.347 e. The molecule has 138 valence electrons. The Kier molecular flexibility index (Phi) is 6.02. The zero-order valence-corrected chi connectivity index (χ0v) is 14.4. The first-order valence-corrected chi connectivity index (χ1v) is 7.89. The molecule has 0 saturated carbocycles. The second-order valence-corrected chi connectivity index (χ2v) is 5.94. The van der Waals surface area contributed by atoms with Crippen molar-refractivity contribution in [3.63, 3.8) is 0 Å². The molecule has 0 aliphatic heterocycles. The van der Waals surface area contributed by atoms with Crippen LogP contribution < -0.4 is 0 Å². The molecule has 0 unspecified atom stereocenters.